The van der Waals surface area contributed by atoms with E-state index in [-0.39, 0.29) is 11.8 Å². The number of hydrogen-bond donors (Lipinski definition) is 2. The molecule has 27 heavy (non-hydrogen) atoms. The number of carbonyl (C=O) groups excluding carboxylic acids is 1. The van der Waals surface area contributed by atoms with Crippen LogP contribution in [-0.2, 0) is 6.42 Å². The number of benzene rings is 2. The maximum absolute atomic E-state index is 12.4. The van der Waals surface area contributed by atoms with Crippen molar-refractivity contribution in [3.05, 3.63) is 65.9 Å². The second-order valence-electron chi connectivity index (χ2n) is 6.59. The second kappa shape index (κ2) is 7.53. The maximum atomic E-state index is 12.4. The summed E-state index contributed by atoms with van der Waals surface area (Å²) in [7, 11) is 1.64. The van der Waals surface area contributed by atoms with Gasteiger partial charge in [-0.3, -0.25) is 9.89 Å². The molecule has 0 fully saturated rings. The molecule has 6 heteroatoms. The molecule has 2 N–H and O–H groups in total. The number of carbonyl (C=O) groups is 1. The molecule has 1 atom stereocenters. The van der Waals surface area contributed by atoms with Crippen molar-refractivity contribution in [2.45, 2.75) is 6.42 Å². The number of nitrogens with zero attached hydrogens (tertiary/aromatic N) is 1. The Bertz CT molecular complexity index is 920. The van der Waals surface area contributed by atoms with E-state index >= 15 is 0 Å². The summed E-state index contributed by atoms with van der Waals surface area (Å²) < 4.78 is 11.2. The van der Waals surface area contributed by atoms with Crippen molar-refractivity contribution in [1.29, 1.82) is 0 Å². The van der Waals surface area contributed by atoms with Gasteiger partial charge >= 0.3 is 0 Å². The van der Waals surface area contributed by atoms with Gasteiger partial charge in [-0.1, -0.05) is 24.3 Å². The number of ether oxygens (including phenoxy) is 2. The van der Waals surface area contributed by atoms with Gasteiger partial charge in [0.2, 0.25) is 0 Å². The van der Waals surface area contributed by atoms with Crippen LogP contribution in [0.15, 0.2) is 54.7 Å². The molecule has 0 spiro atoms. The van der Waals surface area contributed by atoms with Crippen LogP contribution < -0.4 is 14.8 Å². The van der Waals surface area contributed by atoms with Gasteiger partial charge in [0.05, 0.1) is 19.4 Å². The molecule has 1 aliphatic rings. The Balaban J connectivity index is 1.35. The highest BCUT2D eigenvalue weighted by Gasteiger charge is 2.23. The van der Waals surface area contributed by atoms with Gasteiger partial charge in [-0.2, -0.15) is 5.10 Å². The average molecular weight is 363 g/mol. The van der Waals surface area contributed by atoms with Crippen LogP contribution >= 0.6 is 0 Å². The number of rotatable bonds is 5. The van der Waals surface area contributed by atoms with E-state index in [4.69, 9.17) is 9.47 Å². The average Bonchev–Trinajstić information content (AvgIpc) is 3.26. The van der Waals surface area contributed by atoms with Crippen LogP contribution in [0, 0.1) is 5.92 Å². The van der Waals surface area contributed by atoms with Crippen LogP contribution in [-0.4, -0.2) is 36.4 Å². The maximum Gasteiger partial charge on any atom is 0.251 e. The third-order valence-corrected chi connectivity index (χ3v) is 4.76. The lowest BCUT2D eigenvalue weighted by atomic mass is 9.96. The number of H-pyrrole nitrogens is 1. The second-order valence-corrected chi connectivity index (χ2v) is 6.59. The van der Waals surface area contributed by atoms with E-state index in [1.165, 1.54) is 0 Å². The fourth-order valence-electron chi connectivity index (χ4n) is 3.31. The Kier molecular flexibility index (Phi) is 4.78. The summed E-state index contributed by atoms with van der Waals surface area (Å²) in [6, 6.07) is 15.3. The molecular weight excluding hydrogens is 342 g/mol. The van der Waals surface area contributed by atoms with Crippen LogP contribution in [0.25, 0.3) is 11.3 Å². The van der Waals surface area contributed by atoms with E-state index in [2.05, 4.69) is 15.5 Å². The van der Waals surface area contributed by atoms with E-state index in [9.17, 15) is 4.79 Å². The van der Waals surface area contributed by atoms with Crippen LogP contribution in [0.4, 0.5) is 0 Å². The lowest BCUT2D eigenvalue weighted by Crippen LogP contribution is -2.34. The first-order chi connectivity index (χ1) is 13.2. The summed E-state index contributed by atoms with van der Waals surface area (Å²) in [6.45, 7) is 1.13. The first-order valence-electron chi connectivity index (χ1n) is 8.91. The molecule has 1 aromatic heterocycles. The third-order valence-electron chi connectivity index (χ3n) is 4.76. The molecular formula is C21H21N3O3. The zero-order valence-corrected chi connectivity index (χ0v) is 15.1. The first-order valence-corrected chi connectivity index (χ1v) is 8.91. The zero-order valence-electron chi connectivity index (χ0n) is 15.1. The van der Waals surface area contributed by atoms with Gasteiger partial charge < -0.3 is 14.8 Å². The Labute approximate surface area is 157 Å². The van der Waals surface area contributed by atoms with Crippen molar-refractivity contribution in [2.24, 2.45) is 5.92 Å². The van der Waals surface area contributed by atoms with Gasteiger partial charge in [0.25, 0.3) is 5.91 Å². The quantitative estimate of drug-likeness (QED) is 0.730. The molecule has 4 rings (SSSR count). The van der Waals surface area contributed by atoms with Crippen LogP contribution in [0.2, 0.25) is 0 Å². The molecule has 0 saturated heterocycles. The number of nitrogens with one attached hydrogen (secondary N) is 2. The molecule has 6 nitrogen and oxygen atoms in total. The van der Waals surface area contributed by atoms with Crippen molar-refractivity contribution in [3.8, 4) is 22.8 Å². The highest BCUT2D eigenvalue weighted by atomic mass is 16.5. The van der Waals surface area contributed by atoms with Gasteiger partial charge in [0.1, 0.15) is 0 Å². The van der Waals surface area contributed by atoms with Crippen LogP contribution in [0.5, 0.6) is 11.5 Å². The number of hydrogen-bond acceptors (Lipinski definition) is 4. The van der Waals surface area contributed by atoms with Crippen LogP contribution in [0.1, 0.15) is 15.9 Å². The monoisotopic (exact) mass is 363 g/mol. The van der Waals surface area contributed by atoms with Crippen molar-refractivity contribution in [2.75, 3.05) is 20.3 Å². The predicted octanol–water partition coefficient (Wildman–Crippen LogP) is 3.07. The van der Waals surface area contributed by atoms with E-state index in [1.54, 1.807) is 13.3 Å². The zero-order chi connectivity index (χ0) is 18.6. The molecule has 1 amide bonds. The SMILES string of the molecule is COc1cccc2c1OC[C@H](CNC(=O)c1ccc(-c3ccn[nH]3)cc1)C2. The lowest BCUT2D eigenvalue weighted by molar-refractivity contribution is 0.0938. The van der Waals surface area contributed by atoms with E-state index < -0.39 is 0 Å². The van der Waals surface area contributed by atoms with Gasteiger partial charge in [-0.25, -0.2) is 0 Å². The van der Waals surface area contributed by atoms with E-state index in [1.807, 2.05) is 48.5 Å². The van der Waals surface area contributed by atoms with Gasteiger partial charge in [-0.05, 0) is 41.8 Å². The summed E-state index contributed by atoms with van der Waals surface area (Å²) in [5, 5.41) is 9.87. The fourth-order valence-corrected chi connectivity index (χ4v) is 3.31. The van der Waals surface area contributed by atoms with Crippen molar-refractivity contribution in [1.82, 2.24) is 15.5 Å². The number of aromatic nitrogens is 2. The standard InChI is InChI=1S/C21H21N3O3/c1-26-19-4-2-3-17-11-14(13-27-20(17)19)12-22-21(25)16-7-5-15(6-8-16)18-9-10-23-24-18/h2-10,14H,11-13H2,1H3,(H,22,25)(H,23,24)/t14-/m0/s1. The molecule has 0 unspecified atom stereocenters. The number of para-hydroxylation sites is 1. The Morgan fingerprint density at radius 3 is 2.85 bits per heavy atom. The normalized spacial score (nSPS) is 15.5. The minimum Gasteiger partial charge on any atom is -0.493 e. The largest absolute Gasteiger partial charge is 0.493 e. The van der Waals surface area contributed by atoms with Gasteiger partial charge in [0.15, 0.2) is 11.5 Å². The summed E-state index contributed by atoms with van der Waals surface area (Å²) in [5.74, 6) is 1.73. The van der Waals surface area contributed by atoms with Crippen LogP contribution in [0.3, 0.4) is 0 Å². The molecule has 0 radical (unpaired) electrons. The molecule has 2 aromatic carbocycles. The summed E-state index contributed by atoms with van der Waals surface area (Å²) >= 11 is 0. The Morgan fingerprint density at radius 2 is 2.11 bits per heavy atom. The minimum absolute atomic E-state index is 0.0809. The predicted molar refractivity (Wildman–Crippen MR) is 102 cm³/mol. The Hall–Kier alpha value is -3.28. The summed E-state index contributed by atoms with van der Waals surface area (Å²) in [5.41, 5.74) is 3.67. The Morgan fingerprint density at radius 1 is 1.26 bits per heavy atom. The molecule has 2 heterocycles. The van der Waals surface area contributed by atoms with Crippen molar-refractivity contribution < 1.29 is 14.3 Å². The molecule has 1 aliphatic heterocycles. The molecule has 0 aliphatic carbocycles. The topological polar surface area (TPSA) is 76.2 Å². The van der Waals surface area contributed by atoms with Gasteiger partial charge in [-0.15, -0.1) is 0 Å². The summed E-state index contributed by atoms with van der Waals surface area (Å²) in [4.78, 5) is 12.4. The van der Waals surface area contributed by atoms with Crippen molar-refractivity contribution >= 4 is 5.91 Å². The minimum atomic E-state index is -0.0809. The third kappa shape index (κ3) is 3.65. The molecule has 138 valence electrons. The van der Waals surface area contributed by atoms with Gasteiger partial charge in [0, 0.05) is 24.2 Å². The number of aromatic amines is 1. The number of amides is 1. The number of fused-ring (bicyclic) bond motifs is 1. The smallest absolute Gasteiger partial charge is 0.251 e. The highest BCUT2D eigenvalue weighted by Crippen LogP contribution is 2.35. The molecule has 3 aromatic rings. The van der Waals surface area contributed by atoms with Crippen molar-refractivity contribution in [3.63, 3.8) is 0 Å². The fraction of sp³-hybridized carbons (Fsp3) is 0.238. The molecule has 0 saturated carbocycles. The first kappa shape index (κ1) is 17.1. The number of methoxy groups -OCH3 is 1. The molecule has 0 bridgehead atoms. The highest BCUT2D eigenvalue weighted by molar-refractivity contribution is 5.94. The van der Waals surface area contributed by atoms with E-state index in [0.717, 1.165) is 34.7 Å². The summed E-state index contributed by atoms with van der Waals surface area (Å²) in [6.07, 6.45) is 2.56. The van der Waals surface area contributed by atoms with E-state index in [0.29, 0.717) is 18.7 Å². The lowest BCUT2D eigenvalue weighted by Gasteiger charge is -2.26.